The van der Waals surface area contributed by atoms with Crippen LogP contribution >= 0.6 is 34.7 Å². The van der Waals surface area contributed by atoms with E-state index in [1.165, 1.54) is 43.4 Å². The lowest BCUT2D eigenvalue weighted by molar-refractivity contribution is 0.102. The van der Waals surface area contributed by atoms with E-state index >= 15 is 0 Å². The van der Waals surface area contributed by atoms with Crippen LogP contribution in [0.5, 0.6) is 0 Å². The molecular formula is C12H15ClOS2. The molecule has 0 atom stereocenters. The average Bonchev–Trinajstić information content (AvgIpc) is 2.74. The number of hydrogen-bond donors (Lipinski definition) is 0. The molecule has 0 aromatic carbocycles. The Kier molecular flexibility index (Phi) is 4.74. The van der Waals surface area contributed by atoms with E-state index in [4.69, 9.17) is 11.6 Å². The second kappa shape index (κ2) is 6.08. The Balaban J connectivity index is 1.79. The molecule has 16 heavy (non-hydrogen) atoms. The third-order valence-corrected chi connectivity index (χ3v) is 5.49. The minimum absolute atomic E-state index is 0.229. The topological polar surface area (TPSA) is 17.1 Å². The lowest BCUT2D eigenvalue weighted by Crippen LogP contribution is -2.11. The van der Waals surface area contributed by atoms with Gasteiger partial charge in [0.2, 0.25) is 0 Å². The summed E-state index contributed by atoms with van der Waals surface area (Å²) in [7, 11) is 0. The van der Waals surface area contributed by atoms with Crippen LogP contribution in [0.1, 0.15) is 41.8 Å². The number of hydrogen-bond acceptors (Lipinski definition) is 3. The van der Waals surface area contributed by atoms with Crippen LogP contribution in [-0.4, -0.2) is 16.8 Å². The largest absolute Gasteiger partial charge is 0.292 e. The minimum Gasteiger partial charge on any atom is -0.292 e. The van der Waals surface area contributed by atoms with Gasteiger partial charge < -0.3 is 0 Å². The van der Waals surface area contributed by atoms with Crippen LogP contribution in [0, 0.1) is 0 Å². The molecule has 0 amide bonds. The molecule has 1 aliphatic carbocycles. The summed E-state index contributed by atoms with van der Waals surface area (Å²) in [5, 5.41) is 0.702. The molecule has 1 saturated carbocycles. The first-order valence-electron chi connectivity index (χ1n) is 5.66. The van der Waals surface area contributed by atoms with Crippen LogP contribution in [0.4, 0.5) is 0 Å². The van der Waals surface area contributed by atoms with Crippen molar-refractivity contribution in [3.05, 3.63) is 21.3 Å². The summed E-state index contributed by atoms with van der Waals surface area (Å²) >= 11 is 9.02. The molecule has 4 heteroatoms. The minimum atomic E-state index is 0.229. The molecule has 88 valence electrons. The van der Waals surface area contributed by atoms with Gasteiger partial charge in [-0.2, -0.15) is 11.8 Å². The van der Waals surface area contributed by atoms with Crippen molar-refractivity contribution >= 4 is 40.5 Å². The van der Waals surface area contributed by atoms with Crippen molar-refractivity contribution < 1.29 is 4.79 Å². The number of rotatable bonds is 4. The van der Waals surface area contributed by atoms with Crippen molar-refractivity contribution in [2.24, 2.45) is 0 Å². The van der Waals surface area contributed by atoms with Crippen LogP contribution < -0.4 is 0 Å². The molecule has 0 spiro atoms. The highest BCUT2D eigenvalue weighted by molar-refractivity contribution is 8.00. The molecule has 1 aromatic rings. The van der Waals surface area contributed by atoms with Crippen LogP contribution in [0.2, 0.25) is 4.34 Å². The van der Waals surface area contributed by atoms with Gasteiger partial charge in [-0.25, -0.2) is 0 Å². The Labute approximate surface area is 110 Å². The molecule has 1 fully saturated rings. The summed E-state index contributed by atoms with van der Waals surface area (Å²) in [6.45, 7) is 0. The molecule has 1 heterocycles. The fraction of sp³-hybridized carbons (Fsp3) is 0.583. The van der Waals surface area contributed by atoms with Gasteiger partial charge in [-0.1, -0.05) is 30.9 Å². The summed E-state index contributed by atoms with van der Waals surface area (Å²) in [4.78, 5) is 12.6. The van der Waals surface area contributed by atoms with Gasteiger partial charge in [0.25, 0.3) is 0 Å². The number of carbonyl (C=O) groups is 1. The number of thioether (sulfide) groups is 1. The number of ketones is 1. The quantitative estimate of drug-likeness (QED) is 0.744. The Morgan fingerprint density at radius 1 is 1.38 bits per heavy atom. The van der Waals surface area contributed by atoms with E-state index in [1.54, 1.807) is 6.07 Å². The number of thiophene rings is 1. The summed E-state index contributed by atoms with van der Waals surface area (Å²) in [6, 6.07) is 3.63. The van der Waals surface area contributed by atoms with E-state index in [9.17, 15) is 4.79 Å². The maximum atomic E-state index is 11.8. The van der Waals surface area contributed by atoms with E-state index < -0.39 is 0 Å². The maximum absolute atomic E-state index is 11.8. The Morgan fingerprint density at radius 2 is 2.12 bits per heavy atom. The Morgan fingerprint density at radius 3 is 2.75 bits per heavy atom. The van der Waals surface area contributed by atoms with E-state index in [-0.39, 0.29) is 5.78 Å². The first-order valence-corrected chi connectivity index (χ1v) is 7.90. The third kappa shape index (κ3) is 3.51. The molecule has 0 radical (unpaired) electrons. The highest BCUT2D eigenvalue weighted by Gasteiger charge is 2.16. The van der Waals surface area contributed by atoms with Gasteiger partial charge in [0, 0.05) is 5.25 Å². The van der Waals surface area contributed by atoms with E-state index in [1.807, 2.05) is 17.8 Å². The monoisotopic (exact) mass is 274 g/mol. The SMILES string of the molecule is O=C(CSC1CCCCC1)c1ccc(Cl)s1. The first kappa shape index (κ1) is 12.5. The van der Waals surface area contributed by atoms with Gasteiger partial charge in [-0.3, -0.25) is 4.79 Å². The van der Waals surface area contributed by atoms with Gasteiger partial charge in [0.05, 0.1) is 15.0 Å². The molecule has 0 aliphatic heterocycles. The van der Waals surface area contributed by atoms with Crippen molar-refractivity contribution in [1.29, 1.82) is 0 Å². The predicted molar refractivity (Wildman–Crippen MR) is 73.0 cm³/mol. The van der Waals surface area contributed by atoms with Gasteiger partial charge in [0.15, 0.2) is 5.78 Å². The summed E-state index contributed by atoms with van der Waals surface area (Å²) in [5.74, 6) is 0.842. The standard InChI is InChI=1S/C12H15ClOS2/c13-12-7-6-11(16-12)10(14)8-15-9-4-2-1-3-5-9/h6-7,9H,1-5,8H2. The lowest BCUT2D eigenvalue weighted by Gasteiger charge is -2.20. The molecule has 0 N–H and O–H groups in total. The van der Waals surface area contributed by atoms with Crippen LogP contribution in [0.25, 0.3) is 0 Å². The second-order valence-corrected chi connectivity index (χ2v) is 7.10. The number of Topliss-reactive ketones (excluding diaryl/α,β-unsaturated/α-hetero) is 1. The third-order valence-electron chi connectivity index (χ3n) is 2.85. The first-order chi connectivity index (χ1) is 7.75. The van der Waals surface area contributed by atoms with Crippen molar-refractivity contribution in [1.82, 2.24) is 0 Å². The van der Waals surface area contributed by atoms with Crippen molar-refractivity contribution in [2.45, 2.75) is 37.4 Å². The molecule has 0 unspecified atom stereocenters. The Hall–Kier alpha value is 0.01000. The van der Waals surface area contributed by atoms with Crippen LogP contribution in [0.15, 0.2) is 12.1 Å². The van der Waals surface area contributed by atoms with Gasteiger partial charge >= 0.3 is 0 Å². The van der Waals surface area contributed by atoms with Gasteiger partial charge in [-0.15, -0.1) is 11.3 Å². The van der Waals surface area contributed by atoms with Crippen LogP contribution in [-0.2, 0) is 0 Å². The summed E-state index contributed by atoms with van der Waals surface area (Å²) in [5.41, 5.74) is 0. The highest BCUT2D eigenvalue weighted by atomic mass is 35.5. The smallest absolute Gasteiger partial charge is 0.182 e. The van der Waals surface area contributed by atoms with Crippen LogP contribution in [0.3, 0.4) is 0 Å². The predicted octanol–water partition coefficient (Wildman–Crippen LogP) is 4.65. The Bertz CT molecular complexity index is 356. The second-order valence-electron chi connectivity index (χ2n) is 4.10. The zero-order valence-corrected chi connectivity index (χ0v) is 11.5. The summed E-state index contributed by atoms with van der Waals surface area (Å²) < 4.78 is 0.700. The fourth-order valence-electron chi connectivity index (χ4n) is 1.96. The van der Waals surface area contributed by atoms with E-state index in [0.29, 0.717) is 15.3 Å². The average molecular weight is 275 g/mol. The zero-order chi connectivity index (χ0) is 11.4. The van der Waals surface area contributed by atoms with Crippen molar-refractivity contribution in [3.8, 4) is 0 Å². The molecule has 1 aromatic heterocycles. The molecule has 1 aliphatic rings. The van der Waals surface area contributed by atoms with Gasteiger partial charge in [-0.05, 0) is 25.0 Å². The molecule has 2 rings (SSSR count). The fourth-order valence-corrected chi connectivity index (χ4v) is 4.24. The number of carbonyl (C=O) groups excluding carboxylic acids is 1. The highest BCUT2D eigenvalue weighted by Crippen LogP contribution is 2.29. The molecule has 1 nitrogen and oxygen atoms in total. The summed E-state index contributed by atoms with van der Waals surface area (Å²) in [6.07, 6.45) is 6.59. The maximum Gasteiger partial charge on any atom is 0.182 e. The van der Waals surface area contributed by atoms with Gasteiger partial charge in [0.1, 0.15) is 0 Å². The molecule has 0 saturated heterocycles. The van der Waals surface area contributed by atoms with Crippen molar-refractivity contribution in [2.75, 3.05) is 5.75 Å². The normalized spacial score (nSPS) is 17.6. The molecule has 0 bridgehead atoms. The van der Waals surface area contributed by atoms with E-state index in [2.05, 4.69) is 0 Å². The number of halogens is 1. The van der Waals surface area contributed by atoms with E-state index in [0.717, 1.165) is 4.88 Å². The zero-order valence-electron chi connectivity index (χ0n) is 9.08. The molecular weight excluding hydrogens is 260 g/mol. The lowest BCUT2D eigenvalue weighted by atomic mass is 10.0. The van der Waals surface area contributed by atoms with Crippen molar-refractivity contribution in [3.63, 3.8) is 0 Å².